The highest BCUT2D eigenvalue weighted by molar-refractivity contribution is 5.31. The molecule has 3 nitrogen and oxygen atoms in total. The molecule has 2 N–H and O–H groups in total. The van der Waals surface area contributed by atoms with E-state index in [1.165, 1.54) is 18.4 Å². The molecular weight excluding hydrogens is 248 g/mol. The van der Waals surface area contributed by atoms with E-state index in [2.05, 4.69) is 44.9 Å². The molecule has 0 aliphatic rings. The van der Waals surface area contributed by atoms with Crippen molar-refractivity contribution in [3.63, 3.8) is 0 Å². The summed E-state index contributed by atoms with van der Waals surface area (Å²) in [4.78, 5) is 2.41. The first kappa shape index (κ1) is 17.0. The summed E-state index contributed by atoms with van der Waals surface area (Å²) in [5.74, 6) is 0.896. The highest BCUT2D eigenvalue weighted by Crippen LogP contribution is 2.29. The van der Waals surface area contributed by atoms with Gasteiger partial charge in [-0.1, -0.05) is 32.4 Å². The van der Waals surface area contributed by atoms with E-state index in [0.29, 0.717) is 6.04 Å². The molecule has 0 heterocycles. The van der Waals surface area contributed by atoms with Crippen LogP contribution in [0.2, 0.25) is 0 Å². The fraction of sp³-hybridized carbons (Fsp3) is 0.647. The lowest BCUT2D eigenvalue weighted by molar-refractivity contribution is 0.150. The number of ether oxygens (including phenoxy) is 1. The number of nitrogens with two attached hydrogens (primary N) is 1. The molecule has 1 rings (SSSR count). The number of benzene rings is 1. The highest BCUT2D eigenvalue weighted by atomic mass is 16.5. The minimum absolute atomic E-state index is 0.131. The number of hydrogen-bond acceptors (Lipinski definition) is 3. The number of nitrogens with zero attached hydrogens (tertiary/aromatic N) is 1. The lowest BCUT2D eigenvalue weighted by atomic mass is 9.94. The van der Waals surface area contributed by atoms with Crippen molar-refractivity contribution in [2.24, 2.45) is 5.73 Å². The van der Waals surface area contributed by atoms with Gasteiger partial charge in [0.15, 0.2) is 0 Å². The van der Waals surface area contributed by atoms with Crippen molar-refractivity contribution in [3.8, 4) is 5.75 Å². The maximum atomic E-state index is 6.39. The maximum Gasteiger partial charge on any atom is 0.119 e. The van der Waals surface area contributed by atoms with Crippen LogP contribution in [0.4, 0.5) is 0 Å². The van der Waals surface area contributed by atoms with Gasteiger partial charge in [-0.25, -0.2) is 0 Å². The van der Waals surface area contributed by atoms with E-state index in [-0.39, 0.29) is 12.1 Å². The van der Waals surface area contributed by atoms with Crippen LogP contribution in [-0.4, -0.2) is 31.1 Å². The zero-order valence-corrected chi connectivity index (χ0v) is 13.6. The van der Waals surface area contributed by atoms with Crippen LogP contribution in [0, 0.1) is 0 Å². The van der Waals surface area contributed by atoms with E-state index in [4.69, 9.17) is 10.5 Å². The van der Waals surface area contributed by atoms with Gasteiger partial charge in [-0.2, -0.15) is 0 Å². The summed E-state index contributed by atoms with van der Waals surface area (Å²) >= 11 is 0. The van der Waals surface area contributed by atoms with Crippen molar-refractivity contribution in [2.75, 3.05) is 14.2 Å². The van der Waals surface area contributed by atoms with Gasteiger partial charge in [0.25, 0.3) is 0 Å². The van der Waals surface area contributed by atoms with Crippen molar-refractivity contribution in [1.29, 1.82) is 0 Å². The summed E-state index contributed by atoms with van der Waals surface area (Å²) < 4.78 is 5.35. The molecule has 0 radical (unpaired) electrons. The largest absolute Gasteiger partial charge is 0.497 e. The summed E-state index contributed by atoms with van der Waals surface area (Å²) in [6.45, 7) is 6.65. The number of hydrogen-bond donors (Lipinski definition) is 1. The van der Waals surface area contributed by atoms with Gasteiger partial charge < -0.3 is 10.5 Å². The smallest absolute Gasteiger partial charge is 0.119 e. The Kier molecular flexibility index (Phi) is 7.03. The van der Waals surface area contributed by atoms with Crippen molar-refractivity contribution < 1.29 is 4.74 Å². The summed E-state index contributed by atoms with van der Waals surface area (Å²) in [6, 6.07) is 9.17. The van der Waals surface area contributed by atoms with Gasteiger partial charge in [0, 0.05) is 18.1 Å². The SMILES string of the molecule is CCCC(C)N(C)C(c1cccc(OC)c1)C(N)CC. The molecule has 0 saturated heterocycles. The zero-order valence-electron chi connectivity index (χ0n) is 13.6. The summed E-state index contributed by atoms with van der Waals surface area (Å²) in [5, 5.41) is 0. The van der Waals surface area contributed by atoms with Crippen molar-refractivity contribution in [3.05, 3.63) is 29.8 Å². The molecule has 0 aromatic heterocycles. The molecular formula is C17H30N2O. The molecule has 0 spiro atoms. The number of rotatable bonds is 8. The van der Waals surface area contributed by atoms with Crippen molar-refractivity contribution in [1.82, 2.24) is 4.90 Å². The Bertz CT molecular complexity index is 394. The molecule has 0 saturated carbocycles. The van der Waals surface area contributed by atoms with E-state index in [1.807, 2.05) is 12.1 Å². The summed E-state index contributed by atoms with van der Waals surface area (Å²) in [5.41, 5.74) is 7.63. The molecule has 3 heteroatoms. The number of likely N-dealkylation sites (N-methyl/N-ethyl adjacent to an activating group) is 1. The van der Waals surface area contributed by atoms with E-state index in [1.54, 1.807) is 7.11 Å². The first-order chi connectivity index (χ1) is 9.54. The van der Waals surface area contributed by atoms with Crippen LogP contribution < -0.4 is 10.5 Å². The molecule has 0 bridgehead atoms. The molecule has 1 aromatic carbocycles. The first-order valence-electron chi connectivity index (χ1n) is 7.66. The van der Waals surface area contributed by atoms with Crippen LogP contribution in [0.25, 0.3) is 0 Å². The van der Waals surface area contributed by atoms with Gasteiger partial charge in [0.2, 0.25) is 0 Å². The topological polar surface area (TPSA) is 38.5 Å². The van der Waals surface area contributed by atoms with E-state index in [0.717, 1.165) is 12.2 Å². The first-order valence-corrected chi connectivity index (χ1v) is 7.66. The Balaban J connectivity index is 3.04. The number of methoxy groups -OCH3 is 1. The van der Waals surface area contributed by atoms with Gasteiger partial charge >= 0.3 is 0 Å². The van der Waals surface area contributed by atoms with Crippen LogP contribution in [0.5, 0.6) is 5.75 Å². The van der Waals surface area contributed by atoms with Crippen molar-refractivity contribution in [2.45, 2.75) is 58.2 Å². The van der Waals surface area contributed by atoms with Crippen LogP contribution in [0.15, 0.2) is 24.3 Å². The molecule has 3 atom stereocenters. The van der Waals surface area contributed by atoms with E-state index in [9.17, 15) is 0 Å². The quantitative estimate of drug-likeness (QED) is 0.789. The zero-order chi connectivity index (χ0) is 15.1. The lowest BCUT2D eigenvalue weighted by Crippen LogP contribution is -2.42. The predicted molar refractivity (Wildman–Crippen MR) is 86.1 cm³/mol. The Morgan fingerprint density at radius 2 is 2.00 bits per heavy atom. The van der Waals surface area contributed by atoms with Crippen molar-refractivity contribution >= 4 is 0 Å². The second-order valence-corrected chi connectivity index (χ2v) is 5.60. The van der Waals surface area contributed by atoms with E-state index >= 15 is 0 Å². The van der Waals surface area contributed by atoms with Crippen LogP contribution in [0.1, 0.15) is 51.6 Å². The van der Waals surface area contributed by atoms with Gasteiger partial charge in [0.05, 0.1) is 7.11 Å². The summed E-state index contributed by atoms with van der Waals surface area (Å²) in [6.07, 6.45) is 3.34. The fourth-order valence-corrected chi connectivity index (χ4v) is 2.73. The molecule has 1 aromatic rings. The average molecular weight is 278 g/mol. The highest BCUT2D eigenvalue weighted by Gasteiger charge is 2.26. The van der Waals surface area contributed by atoms with Gasteiger partial charge in [-0.3, -0.25) is 4.90 Å². The van der Waals surface area contributed by atoms with Gasteiger partial charge in [-0.05, 0) is 44.5 Å². The second-order valence-electron chi connectivity index (χ2n) is 5.60. The van der Waals surface area contributed by atoms with Crippen LogP contribution >= 0.6 is 0 Å². The predicted octanol–water partition coefficient (Wildman–Crippen LogP) is 3.59. The third kappa shape index (κ3) is 4.22. The molecule has 3 unspecified atom stereocenters. The van der Waals surface area contributed by atoms with E-state index < -0.39 is 0 Å². The van der Waals surface area contributed by atoms with Crippen LogP contribution in [-0.2, 0) is 0 Å². The monoisotopic (exact) mass is 278 g/mol. The Hall–Kier alpha value is -1.06. The Labute approximate surface area is 124 Å². The summed E-state index contributed by atoms with van der Waals surface area (Å²) in [7, 11) is 3.89. The Morgan fingerprint density at radius 3 is 2.55 bits per heavy atom. The third-order valence-electron chi connectivity index (χ3n) is 4.15. The third-order valence-corrected chi connectivity index (χ3v) is 4.15. The van der Waals surface area contributed by atoms with Gasteiger partial charge in [-0.15, -0.1) is 0 Å². The molecule has 0 aliphatic carbocycles. The normalized spacial score (nSPS) is 15.9. The fourth-order valence-electron chi connectivity index (χ4n) is 2.73. The minimum Gasteiger partial charge on any atom is -0.497 e. The molecule has 0 aliphatic heterocycles. The Morgan fingerprint density at radius 1 is 1.30 bits per heavy atom. The molecule has 0 fully saturated rings. The second kappa shape index (κ2) is 8.28. The van der Waals surface area contributed by atoms with Crippen LogP contribution in [0.3, 0.4) is 0 Å². The minimum atomic E-state index is 0.131. The maximum absolute atomic E-state index is 6.39. The molecule has 0 amide bonds. The molecule has 114 valence electrons. The standard InChI is InChI=1S/C17H30N2O/c1-6-9-13(3)19(4)17(16(18)7-2)14-10-8-11-15(12-14)20-5/h8,10-13,16-17H,6-7,9,18H2,1-5H3. The lowest BCUT2D eigenvalue weighted by Gasteiger charge is -2.37. The average Bonchev–Trinajstić information content (AvgIpc) is 2.47. The van der Waals surface area contributed by atoms with Gasteiger partial charge in [0.1, 0.15) is 5.75 Å². The molecule has 20 heavy (non-hydrogen) atoms.